The summed E-state index contributed by atoms with van der Waals surface area (Å²) >= 11 is 0. The van der Waals surface area contributed by atoms with Gasteiger partial charge in [-0.3, -0.25) is 0 Å². The van der Waals surface area contributed by atoms with Gasteiger partial charge in [0.25, 0.3) is 0 Å². The minimum Gasteiger partial charge on any atom is -0.415 e. The Balaban J connectivity index is 3.31. The first kappa shape index (κ1) is 23.2. The fourth-order valence-electron chi connectivity index (χ4n) is 2.61. The Bertz CT molecular complexity index is 656. The molecule has 0 aromatic heterocycles. The molecule has 4 heteroatoms. The fraction of sp³-hybridized carbons (Fsp3) is 0.636. The van der Waals surface area contributed by atoms with Gasteiger partial charge in [-0.15, -0.1) is 6.42 Å². The van der Waals surface area contributed by atoms with Crippen molar-refractivity contribution < 1.29 is 8.85 Å². The molecule has 0 unspecified atom stereocenters. The van der Waals surface area contributed by atoms with Gasteiger partial charge in [0.05, 0.1) is 11.2 Å². The first-order chi connectivity index (χ1) is 11.6. The monoisotopic (exact) mass is 390 g/mol. The summed E-state index contributed by atoms with van der Waals surface area (Å²) in [6.07, 6.45) is 5.67. The largest absolute Gasteiger partial charge is 0.415 e. The first-order valence-corrected chi connectivity index (χ1v) is 12.0. The molecule has 2 nitrogen and oxygen atoms in total. The molecule has 0 aliphatic heterocycles. The Morgan fingerprint density at radius 3 is 1.54 bits per heavy atom. The number of hydrogen-bond donors (Lipinski definition) is 0. The van der Waals surface area contributed by atoms with Crippen molar-refractivity contribution in [2.75, 3.05) is 0 Å². The maximum Gasteiger partial charge on any atom is 0.168 e. The normalized spacial score (nSPS) is 14.5. The predicted molar refractivity (Wildman–Crippen MR) is 119 cm³/mol. The Labute approximate surface area is 166 Å². The number of terminal acetylenes is 1. The Morgan fingerprint density at radius 2 is 1.15 bits per heavy atom. The summed E-state index contributed by atoms with van der Waals surface area (Å²) in [4.78, 5) is 0. The molecule has 0 saturated heterocycles. The van der Waals surface area contributed by atoms with Crippen LogP contribution in [0.25, 0.3) is 0 Å². The molecule has 0 aliphatic rings. The van der Waals surface area contributed by atoms with Crippen LogP contribution in [0.4, 0.5) is 0 Å². The van der Waals surface area contributed by atoms with Crippen molar-refractivity contribution in [2.45, 2.75) is 90.5 Å². The fourth-order valence-corrected chi connectivity index (χ4v) is 4.51. The molecule has 0 amide bonds. The van der Waals surface area contributed by atoms with E-state index in [4.69, 9.17) is 15.3 Å². The predicted octanol–water partition coefficient (Wildman–Crippen LogP) is 4.78. The summed E-state index contributed by atoms with van der Waals surface area (Å²) in [6.45, 7) is 22.1. The van der Waals surface area contributed by atoms with E-state index >= 15 is 0 Å². The number of rotatable bonds is 6. The second-order valence-electron chi connectivity index (χ2n) is 10.6. The third kappa shape index (κ3) is 7.04. The highest BCUT2D eigenvalue weighted by Gasteiger charge is 2.33. The molecule has 0 bridgehead atoms. The molecule has 1 rings (SSSR count). The highest BCUT2D eigenvalue weighted by molar-refractivity contribution is 6.32. The molecule has 1 aromatic rings. The zero-order valence-corrected chi connectivity index (χ0v) is 21.4. The van der Waals surface area contributed by atoms with E-state index in [1.807, 2.05) is 6.07 Å². The highest BCUT2D eigenvalue weighted by atomic mass is 28.2. The van der Waals surface area contributed by atoms with Crippen LogP contribution in [0.3, 0.4) is 0 Å². The summed E-state index contributed by atoms with van der Waals surface area (Å²) in [5.41, 5.74) is 2.48. The SMILES string of the molecule is C#Cc1ccc(C(C)(C)O[SiH2]C(C)(C)C)c(C(C)(C)O[SiH2]C(C)(C)C)c1. The molecule has 0 spiro atoms. The Morgan fingerprint density at radius 1 is 0.731 bits per heavy atom. The maximum absolute atomic E-state index is 6.49. The van der Waals surface area contributed by atoms with E-state index in [9.17, 15) is 0 Å². The maximum atomic E-state index is 6.49. The van der Waals surface area contributed by atoms with Crippen molar-refractivity contribution in [1.29, 1.82) is 0 Å². The van der Waals surface area contributed by atoms with E-state index in [1.165, 1.54) is 5.56 Å². The van der Waals surface area contributed by atoms with Crippen molar-refractivity contribution in [3.63, 3.8) is 0 Å². The van der Waals surface area contributed by atoms with Crippen LogP contribution in [0.1, 0.15) is 85.9 Å². The van der Waals surface area contributed by atoms with Gasteiger partial charge in [-0.25, -0.2) is 0 Å². The molecule has 0 radical (unpaired) electrons. The topological polar surface area (TPSA) is 18.5 Å². The highest BCUT2D eigenvalue weighted by Crippen LogP contribution is 2.38. The molecule has 0 heterocycles. The third-order valence-corrected chi connectivity index (χ3v) is 7.68. The lowest BCUT2D eigenvalue weighted by Gasteiger charge is -2.37. The van der Waals surface area contributed by atoms with E-state index in [1.54, 1.807) is 0 Å². The van der Waals surface area contributed by atoms with E-state index in [-0.39, 0.29) is 21.3 Å². The lowest BCUT2D eigenvalue weighted by Crippen LogP contribution is -2.34. The average molecular weight is 391 g/mol. The second kappa shape index (κ2) is 8.02. The van der Waals surface area contributed by atoms with Gasteiger partial charge < -0.3 is 8.85 Å². The smallest absolute Gasteiger partial charge is 0.168 e. The van der Waals surface area contributed by atoms with Crippen LogP contribution in [0.15, 0.2) is 18.2 Å². The van der Waals surface area contributed by atoms with Gasteiger partial charge in [-0.1, -0.05) is 53.5 Å². The van der Waals surface area contributed by atoms with Crippen LogP contribution in [0.2, 0.25) is 10.1 Å². The lowest BCUT2D eigenvalue weighted by atomic mass is 9.84. The Kier molecular flexibility index (Phi) is 7.15. The molecule has 146 valence electrons. The van der Waals surface area contributed by atoms with Gasteiger partial charge in [0, 0.05) is 5.56 Å². The molecule has 0 N–H and O–H groups in total. The lowest BCUT2D eigenvalue weighted by molar-refractivity contribution is 0.0829. The third-order valence-electron chi connectivity index (χ3n) is 4.22. The van der Waals surface area contributed by atoms with Crippen LogP contribution >= 0.6 is 0 Å². The zero-order valence-electron chi connectivity index (χ0n) is 18.5. The number of benzene rings is 1. The van der Waals surface area contributed by atoms with Crippen molar-refractivity contribution in [3.8, 4) is 12.3 Å². The van der Waals surface area contributed by atoms with Crippen LogP contribution in [0, 0.1) is 12.3 Å². The van der Waals surface area contributed by atoms with Crippen LogP contribution in [-0.4, -0.2) is 19.5 Å². The molecular weight excluding hydrogens is 352 g/mol. The van der Waals surface area contributed by atoms with Crippen LogP contribution in [0.5, 0.6) is 0 Å². The molecule has 0 aliphatic carbocycles. The van der Waals surface area contributed by atoms with Crippen LogP contribution < -0.4 is 0 Å². The quantitative estimate of drug-likeness (QED) is 0.514. The van der Waals surface area contributed by atoms with Crippen molar-refractivity contribution >= 4 is 19.5 Å². The van der Waals surface area contributed by atoms with Gasteiger partial charge in [0.2, 0.25) is 0 Å². The molecule has 0 fully saturated rings. The van der Waals surface area contributed by atoms with E-state index in [0.717, 1.165) is 11.1 Å². The standard InChI is InChI=1S/C22H38O2Si2/c1-12-16-13-14-17(21(8,9)23-25-19(2,3)4)18(15-16)22(10,11)24-26-20(5,6)7/h1,13-15H,25-26H2,2-11H3. The number of hydrogen-bond acceptors (Lipinski definition) is 2. The van der Waals surface area contributed by atoms with Gasteiger partial charge >= 0.3 is 0 Å². The summed E-state index contributed by atoms with van der Waals surface area (Å²) in [6, 6.07) is 6.25. The van der Waals surface area contributed by atoms with Gasteiger partial charge in [-0.05, 0) is 61.0 Å². The molecule has 0 atom stereocenters. The van der Waals surface area contributed by atoms with Crippen molar-refractivity contribution in [2.24, 2.45) is 0 Å². The summed E-state index contributed by atoms with van der Waals surface area (Å²) in [7, 11) is -1.37. The molecule has 1 aromatic carbocycles. The Hall–Kier alpha value is -0.866. The second-order valence-corrected chi connectivity index (χ2v) is 16.0. The van der Waals surface area contributed by atoms with Crippen molar-refractivity contribution in [3.05, 3.63) is 34.9 Å². The average Bonchev–Trinajstić information content (AvgIpc) is 2.49. The molecular formula is C22H38O2Si2. The van der Waals surface area contributed by atoms with Gasteiger partial charge in [-0.2, -0.15) is 0 Å². The molecule has 0 saturated carbocycles. The summed E-state index contributed by atoms with van der Waals surface area (Å²) < 4.78 is 13.0. The van der Waals surface area contributed by atoms with E-state index < -0.39 is 19.5 Å². The van der Waals surface area contributed by atoms with Gasteiger partial charge in [0.1, 0.15) is 0 Å². The molecule has 26 heavy (non-hydrogen) atoms. The summed E-state index contributed by atoms with van der Waals surface area (Å²) in [5, 5.41) is 0.494. The van der Waals surface area contributed by atoms with E-state index in [2.05, 4.69) is 87.3 Å². The van der Waals surface area contributed by atoms with Crippen molar-refractivity contribution in [1.82, 2.24) is 0 Å². The first-order valence-electron chi connectivity index (χ1n) is 9.47. The van der Waals surface area contributed by atoms with E-state index in [0.29, 0.717) is 0 Å². The zero-order chi connectivity index (χ0) is 20.4. The summed E-state index contributed by atoms with van der Waals surface area (Å²) in [5.74, 6) is 2.77. The van der Waals surface area contributed by atoms with Crippen LogP contribution in [-0.2, 0) is 20.1 Å². The minimum absolute atomic E-state index is 0.242. The minimum atomic E-state index is -0.694. The van der Waals surface area contributed by atoms with Gasteiger partial charge in [0.15, 0.2) is 19.5 Å².